The van der Waals surface area contributed by atoms with Crippen molar-refractivity contribution in [2.45, 2.75) is 52.4 Å². The van der Waals surface area contributed by atoms with E-state index in [0.717, 1.165) is 22.9 Å². The van der Waals surface area contributed by atoms with E-state index in [-0.39, 0.29) is 23.3 Å². The van der Waals surface area contributed by atoms with Gasteiger partial charge in [0, 0.05) is 0 Å². The number of rotatable bonds is 0. The van der Waals surface area contributed by atoms with Crippen molar-refractivity contribution >= 4 is 11.6 Å². The molecule has 5 nitrogen and oxygen atoms in total. The van der Waals surface area contributed by atoms with Crippen LogP contribution in [0.1, 0.15) is 52.7 Å². The normalized spacial score (nSPS) is 15.3. The van der Waals surface area contributed by atoms with Crippen LogP contribution < -0.4 is 19.5 Å². The average Bonchev–Trinajstić information content (AvgIpc) is 2.66. The topological polar surface area (TPSA) is 56.8 Å². The standard InChI is InChI=1S/C12H15NO2.C12H16O2/c1-12(2,3)8-4-5-10-9(6-8)13-11(14)7-15-10;1-12(2,3)9-4-5-10-11(8-9)14-7-6-13-10/h4-6H,7H2,1-3H3,(H,13,14);4-5,8H,6-7H2,1-3H3. The third-order valence-electron chi connectivity index (χ3n) is 4.89. The lowest BCUT2D eigenvalue weighted by atomic mass is 9.86. The summed E-state index contributed by atoms with van der Waals surface area (Å²) in [5, 5.41) is 2.81. The number of benzene rings is 2. The van der Waals surface area contributed by atoms with E-state index < -0.39 is 0 Å². The molecule has 29 heavy (non-hydrogen) atoms. The maximum Gasteiger partial charge on any atom is 0.262 e. The largest absolute Gasteiger partial charge is 0.486 e. The zero-order valence-corrected chi connectivity index (χ0v) is 18.2. The molecule has 2 aliphatic rings. The van der Waals surface area contributed by atoms with Crippen LogP contribution in [-0.4, -0.2) is 25.7 Å². The van der Waals surface area contributed by atoms with Crippen LogP contribution in [0.3, 0.4) is 0 Å². The molecule has 2 heterocycles. The first kappa shape index (κ1) is 21.0. The van der Waals surface area contributed by atoms with E-state index in [4.69, 9.17) is 14.2 Å². The van der Waals surface area contributed by atoms with Gasteiger partial charge in [0.1, 0.15) is 19.0 Å². The Hall–Kier alpha value is -2.69. The van der Waals surface area contributed by atoms with Crippen LogP contribution >= 0.6 is 0 Å². The Balaban J connectivity index is 0.000000166. The Bertz CT molecular complexity index is 891. The minimum absolute atomic E-state index is 0.0806. The number of ether oxygens (including phenoxy) is 3. The van der Waals surface area contributed by atoms with Crippen LogP contribution in [-0.2, 0) is 15.6 Å². The van der Waals surface area contributed by atoms with Crippen molar-refractivity contribution in [3.63, 3.8) is 0 Å². The SMILES string of the molecule is CC(C)(C)c1ccc2c(c1)NC(=O)CO2.CC(C)(C)c1ccc2c(c1)OCCO2. The van der Waals surface area contributed by atoms with E-state index in [0.29, 0.717) is 13.2 Å². The van der Waals surface area contributed by atoms with Crippen molar-refractivity contribution in [1.29, 1.82) is 0 Å². The molecule has 2 aromatic carbocycles. The van der Waals surface area contributed by atoms with E-state index in [1.54, 1.807) is 0 Å². The molecule has 4 rings (SSSR count). The van der Waals surface area contributed by atoms with Gasteiger partial charge in [-0.05, 0) is 46.2 Å². The molecular formula is C24H31NO4. The summed E-state index contributed by atoms with van der Waals surface area (Å²) in [5.74, 6) is 2.41. The molecule has 0 saturated heterocycles. The van der Waals surface area contributed by atoms with Crippen molar-refractivity contribution < 1.29 is 19.0 Å². The Kier molecular flexibility index (Phi) is 5.78. The zero-order chi connectivity index (χ0) is 21.2. The molecule has 1 N–H and O–H groups in total. The number of amides is 1. The van der Waals surface area contributed by atoms with E-state index in [1.807, 2.05) is 24.3 Å². The van der Waals surface area contributed by atoms with Gasteiger partial charge < -0.3 is 19.5 Å². The number of fused-ring (bicyclic) bond motifs is 2. The van der Waals surface area contributed by atoms with Gasteiger partial charge in [-0.1, -0.05) is 53.7 Å². The summed E-state index contributed by atoms with van der Waals surface area (Å²) < 4.78 is 16.3. The minimum atomic E-state index is -0.0893. The van der Waals surface area contributed by atoms with Crippen LogP contribution in [0, 0.1) is 0 Å². The highest BCUT2D eigenvalue weighted by atomic mass is 16.6. The quantitative estimate of drug-likeness (QED) is 0.674. The first-order valence-electron chi connectivity index (χ1n) is 10.0. The highest BCUT2D eigenvalue weighted by molar-refractivity contribution is 5.95. The predicted molar refractivity (Wildman–Crippen MR) is 115 cm³/mol. The Labute approximate surface area is 173 Å². The lowest BCUT2D eigenvalue weighted by molar-refractivity contribution is -0.118. The van der Waals surface area contributed by atoms with Gasteiger partial charge in [0.25, 0.3) is 5.91 Å². The van der Waals surface area contributed by atoms with E-state index >= 15 is 0 Å². The number of carbonyl (C=O) groups excluding carboxylic acids is 1. The van der Waals surface area contributed by atoms with Gasteiger partial charge in [0.2, 0.25) is 0 Å². The monoisotopic (exact) mass is 397 g/mol. The first-order valence-corrected chi connectivity index (χ1v) is 10.0. The second-order valence-electron chi connectivity index (χ2n) is 9.41. The van der Waals surface area contributed by atoms with Gasteiger partial charge in [0.05, 0.1) is 5.69 Å². The number of hydrogen-bond donors (Lipinski definition) is 1. The van der Waals surface area contributed by atoms with Gasteiger partial charge in [-0.3, -0.25) is 4.79 Å². The summed E-state index contributed by atoms with van der Waals surface area (Å²) in [6.07, 6.45) is 0. The predicted octanol–water partition coefficient (Wildman–Crippen LogP) is 5.07. The minimum Gasteiger partial charge on any atom is -0.486 e. The van der Waals surface area contributed by atoms with Gasteiger partial charge in [0.15, 0.2) is 18.1 Å². The lowest BCUT2D eigenvalue weighted by Crippen LogP contribution is -2.26. The molecule has 0 radical (unpaired) electrons. The fourth-order valence-electron chi connectivity index (χ4n) is 3.06. The van der Waals surface area contributed by atoms with Crippen LogP contribution in [0.4, 0.5) is 5.69 Å². The fraction of sp³-hybridized carbons (Fsp3) is 0.458. The molecule has 0 saturated carbocycles. The third-order valence-corrected chi connectivity index (χ3v) is 4.89. The molecule has 0 aromatic heterocycles. The second kappa shape index (κ2) is 7.97. The van der Waals surface area contributed by atoms with Crippen molar-refractivity contribution in [3.05, 3.63) is 47.5 Å². The van der Waals surface area contributed by atoms with Crippen molar-refractivity contribution in [1.82, 2.24) is 0 Å². The van der Waals surface area contributed by atoms with E-state index in [9.17, 15) is 4.79 Å². The van der Waals surface area contributed by atoms with Gasteiger partial charge in [-0.15, -0.1) is 0 Å². The average molecular weight is 398 g/mol. The first-order chi connectivity index (χ1) is 13.5. The Morgan fingerprint density at radius 3 is 1.90 bits per heavy atom. The lowest BCUT2D eigenvalue weighted by Gasteiger charge is -2.23. The fourth-order valence-corrected chi connectivity index (χ4v) is 3.06. The number of carbonyl (C=O) groups is 1. The summed E-state index contributed by atoms with van der Waals surface area (Å²) in [4.78, 5) is 11.2. The molecule has 0 bridgehead atoms. The van der Waals surface area contributed by atoms with Gasteiger partial charge in [-0.2, -0.15) is 0 Å². The van der Waals surface area contributed by atoms with E-state index in [1.165, 1.54) is 11.1 Å². The summed E-state index contributed by atoms with van der Waals surface area (Å²) in [6.45, 7) is 14.4. The Morgan fingerprint density at radius 2 is 1.28 bits per heavy atom. The second-order valence-corrected chi connectivity index (χ2v) is 9.41. The van der Waals surface area contributed by atoms with Crippen LogP contribution in [0.5, 0.6) is 17.2 Å². The molecule has 0 unspecified atom stereocenters. The van der Waals surface area contributed by atoms with Crippen LogP contribution in [0.25, 0.3) is 0 Å². The molecule has 2 aliphatic heterocycles. The highest BCUT2D eigenvalue weighted by Crippen LogP contribution is 2.35. The van der Waals surface area contributed by atoms with Gasteiger partial charge >= 0.3 is 0 Å². The molecular weight excluding hydrogens is 366 g/mol. The number of nitrogens with one attached hydrogen (secondary N) is 1. The van der Waals surface area contributed by atoms with E-state index in [2.05, 4.69) is 59.0 Å². The van der Waals surface area contributed by atoms with Crippen molar-refractivity contribution in [3.8, 4) is 17.2 Å². The molecule has 0 aliphatic carbocycles. The molecule has 5 heteroatoms. The van der Waals surface area contributed by atoms with Crippen LogP contribution in [0.15, 0.2) is 36.4 Å². The van der Waals surface area contributed by atoms with Crippen molar-refractivity contribution in [2.24, 2.45) is 0 Å². The molecule has 156 valence electrons. The van der Waals surface area contributed by atoms with Crippen LogP contribution in [0.2, 0.25) is 0 Å². The molecule has 0 spiro atoms. The highest BCUT2D eigenvalue weighted by Gasteiger charge is 2.20. The summed E-state index contributed by atoms with van der Waals surface area (Å²) >= 11 is 0. The maximum atomic E-state index is 11.2. The smallest absolute Gasteiger partial charge is 0.262 e. The summed E-state index contributed by atoms with van der Waals surface area (Å²) in [5.41, 5.74) is 3.49. The zero-order valence-electron chi connectivity index (χ0n) is 18.2. The number of anilines is 1. The number of hydrogen-bond acceptors (Lipinski definition) is 4. The molecule has 1 amide bonds. The maximum absolute atomic E-state index is 11.2. The third kappa shape index (κ3) is 5.22. The molecule has 0 fully saturated rings. The van der Waals surface area contributed by atoms with Gasteiger partial charge in [-0.25, -0.2) is 0 Å². The summed E-state index contributed by atoms with van der Waals surface area (Å²) in [6, 6.07) is 12.1. The molecule has 2 aromatic rings. The Morgan fingerprint density at radius 1 is 0.724 bits per heavy atom. The van der Waals surface area contributed by atoms with Crippen molar-refractivity contribution in [2.75, 3.05) is 25.1 Å². The summed E-state index contributed by atoms with van der Waals surface area (Å²) in [7, 11) is 0. The molecule has 0 atom stereocenters.